The molecule has 130 valence electrons. The zero-order chi connectivity index (χ0) is 16.1. The number of fused-ring (bicyclic) bond motifs is 3. The van der Waals surface area contributed by atoms with Crippen LogP contribution in [0.5, 0.6) is 0 Å². The van der Waals surface area contributed by atoms with E-state index in [9.17, 15) is 0 Å². The second-order valence-corrected chi connectivity index (χ2v) is 8.04. The highest BCUT2D eigenvalue weighted by atomic mass is 16.7. The van der Waals surface area contributed by atoms with Gasteiger partial charge in [0.25, 0.3) is 0 Å². The van der Waals surface area contributed by atoms with E-state index in [2.05, 4.69) is 35.3 Å². The molecule has 1 aliphatic carbocycles. The maximum Gasteiger partial charge on any atom is 0.168 e. The minimum Gasteiger partial charge on any atom is -0.348 e. The number of ether oxygens (including phenoxy) is 2. The van der Waals surface area contributed by atoms with Crippen LogP contribution < -0.4 is 5.32 Å². The van der Waals surface area contributed by atoms with Crippen molar-refractivity contribution in [1.29, 1.82) is 0 Å². The number of nitrogens with zero attached hydrogens (tertiary/aromatic N) is 1. The number of nitrogens with one attached hydrogen (secondary N) is 1. The Morgan fingerprint density at radius 2 is 1.92 bits per heavy atom. The molecule has 5 rings (SSSR count). The zero-order valence-electron chi connectivity index (χ0n) is 14.6. The lowest BCUT2D eigenvalue weighted by Gasteiger charge is -2.36. The molecule has 1 N–H and O–H groups in total. The van der Waals surface area contributed by atoms with Crippen molar-refractivity contribution in [3.63, 3.8) is 0 Å². The van der Waals surface area contributed by atoms with Gasteiger partial charge in [-0.2, -0.15) is 0 Å². The van der Waals surface area contributed by atoms with Gasteiger partial charge in [-0.05, 0) is 42.4 Å². The standard InChI is InChI=1S/C20H28N2O2/c1-14-11-21-12-19-18-3-2-16(10-17(18)13-22(14)19)15-4-6-20(7-5-15)23-8-9-24-20/h2-3,10,14-15,19,21H,4-9,11-13H2,1H3/t14?,19-/m1/s1. The third-order valence-electron chi connectivity index (χ3n) is 6.66. The molecule has 1 spiro atoms. The van der Waals surface area contributed by atoms with Gasteiger partial charge in [-0.3, -0.25) is 4.90 Å². The Labute approximate surface area is 144 Å². The minimum atomic E-state index is -0.241. The van der Waals surface area contributed by atoms with Crippen LogP contribution in [0.2, 0.25) is 0 Å². The number of benzene rings is 1. The predicted molar refractivity (Wildman–Crippen MR) is 92.9 cm³/mol. The molecule has 3 heterocycles. The van der Waals surface area contributed by atoms with E-state index in [1.807, 2.05) is 0 Å². The van der Waals surface area contributed by atoms with Crippen molar-refractivity contribution >= 4 is 0 Å². The summed E-state index contributed by atoms with van der Waals surface area (Å²) in [4.78, 5) is 2.67. The van der Waals surface area contributed by atoms with Crippen LogP contribution in [-0.4, -0.2) is 43.0 Å². The van der Waals surface area contributed by atoms with Crippen molar-refractivity contribution in [2.45, 2.75) is 62.9 Å². The molecule has 4 aliphatic rings. The van der Waals surface area contributed by atoms with Gasteiger partial charge in [0.2, 0.25) is 0 Å². The molecule has 0 amide bonds. The van der Waals surface area contributed by atoms with Crippen LogP contribution in [-0.2, 0) is 16.0 Å². The zero-order valence-corrected chi connectivity index (χ0v) is 14.6. The molecular weight excluding hydrogens is 300 g/mol. The number of rotatable bonds is 1. The Kier molecular flexibility index (Phi) is 3.71. The van der Waals surface area contributed by atoms with E-state index in [0.29, 0.717) is 18.0 Å². The highest BCUT2D eigenvalue weighted by Gasteiger charge is 2.41. The normalized spacial score (nSPS) is 32.9. The first-order chi connectivity index (χ1) is 11.7. The van der Waals surface area contributed by atoms with E-state index in [0.717, 1.165) is 45.7 Å². The summed E-state index contributed by atoms with van der Waals surface area (Å²) in [5, 5.41) is 3.58. The summed E-state index contributed by atoms with van der Waals surface area (Å²) in [5.41, 5.74) is 4.64. The summed E-state index contributed by atoms with van der Waals surface area (Å²) < 4.78 is 11.8. The summed E-state index contributed by atoms with van der Waals surface area (Å²) in [7, 11) is 0. The van der Waals surface area contributed by atoms with Gasteiger partial charge in [-0.15, -0.1) is 0 Å². The smallest absolute Gasteiger partial charge is 0.168 e. The third-order valence-corrected chi connectivity index (χ3v) is 6.66. The molecule has 2 atom stereocenters. The molecule has 3 aliphatic heterocycles. The predicted octanol–water partition coefficient (Wildman–Crippen LogP) is 2.94. The molecular formula is C20H28N2O2. The average molecular weight is 328 g/mol. The number of hydrogen-bond acceptors (Lipinski definition) is 4. The lowest BCUT2D eigenvalue weighted by Crippen LogP contribution is -2.48. The van der Waals surface area contributed by atoms with Crippen molar-refractivity contribution in [3.8, 4) is 0 Å². The molecule has 0 radical (unpaired) electrons. The van der Waals surface area contributed by atoms with Gasteiger partial charge in [0, 0.05) is 44.6 Å². The summed E-state index contributed by atoms with van der Waals surface area (Å²) in [6, 6.07) is 8.50. The first-order valence-electron chi connectivity index (χ1n) is 9.61. The molecule has 3 fully saturated rings. The largest absolute Gasteiger partial charge is 0.348 e. The maximum atomic E-state index is 5.88. The summed E-state index contributed by atoms with van der Waals surface area (Å²) in [5.74, 6) is 0.427. The second kappa shape index (κ2) is 5.80. The Bertz CT molecular complexity index is 616. The molecule has 0 aromatic heterocycles. The van der Waals surface area contributed by atoms with E-state index >= 15 is 0 Å². The van der Waals surface area contributed by atoms with Crippen molar-refractivity contribution in [2.24, 2.45) is 0 Å². The maximum absolute atomic E-state index is 5.88. The average Bonchev–Trinajstić information content (AvgIpc) is 3.21. The Hall–Kier alpha value is -0.940. The van der Waals surface area contributed by atoms with E-state index in [4.69, 9.17) is 9.47 Å². The van der Waals surface area contributed by atoms with Crippen LogP contribution in [0.3, 0.4) is 0 Å². The van der Waals surface area contributed by atoms with Crippen LogP contribution in [0, 0.1) is 0 Å². The Morgan fingerprint density at radius 3 is 2.71 bits per heavy atom. The summed E-state index contributed by atoms with van der Waals surface area (Å²) in [6.45, 7) is 7.22. The fourth-order valence-electron chi connectivity index (χ4n) is 5.24. The Balaban J connectivity index is 1.34. The molecule has 2 saturated heterocycles. The monoisotopic (exact) mass is 328 g/mol. The first kappa shape index (κ1) is 15.3. The lowest BCUT2D eigenvalue weighted by atomic mass is 9.80. The summed E-state index contributed by atoms with van der Waals surface area (Å²) >= 11 is 0. The number of hydrogen-bond donors (Lipinski definition) is 1. The molecule has 1 aromatic rings. The second-order valence-electron chi connectivity index (χ2n) is 8.04. The molecule has 1 saturated carbocycles. The lowest BCUT2D eigenvalue weighted by molar-refractivity contribution is -0.178. The topological polar surface area (TPSA) is 33.7 Å². The van der Waals surface area contributed by atoms with Crippen LogP contribution in [0.1, 0.15) is 61.3 Å². The minimum absolute atomic E-state index is 0.241. The van der Waals surface area contributed by atoms with Gasteiger partial charge in [0.15, 0.2) is 5.79 Å². The van der Waals surface area contributed by atoms with Gasteiger partial charge in [-0.25, -0.2) is 0 Å². The van der Waals surface area contributed by atoms with Gasteiger partial charge >= 0.3 is 0 Å². The highest BCUT2D eigenvalue weighted by Crippen LogP contribution is 2.44. The molecule has 4 nitrogen and oxygen atoms in total. The van der Waals surface area contributed by atoms with Crippen molar-refractivity contribution < 1.29 is 9.47 Å². The van der Waals surface area contributed by atoms with Crippen molar-refractivity contribution in [1.82, 2.24) is 10.2 Å². The van der Waals surface area contributed by atoms with Crippen LogP contribution in [0.25, 0.3) is 0 Å². The molecule has 4 heteroatoms. The van der Waals surface area contributed by atoms with Crippen LogP contribution >= 0.6 is 0 Å². The van der Waals surface area contributed by atoms with E-state index in [1.54, 1.807) is 11.1 Å². The van der Waals surface area contributed by atoms with Crippen LogP contribution in [0.4, 0.5) is 0 Å². The molecule has 0 bridgehead atoms. The van der Waals surface area contributed by atoms with Crippen LogP contribution in [0.15, 0.2) is 18.2 Å². The fourth-order valence-corrected chi connectivity index (χ4v) is 5.24. The molecule has 1 unspecified atom stereocenters. The molecule has 1 aromatic carbocycles. The third kappa shape index (κ3) is 2.43. The van der Waals surface area contributed by atoms with E-state index < -0.39 is 0 Å². The number of piperazine rings is 1. The van der Waals surface area contributed by atoms with Gasteiger partial charge < -0.3 is 14.8 Å². The summed E-state index contributed by atoms with van der Waals surface area (Å²) in [6.07, 6.45) is 4.46. The Morgan fingerprint density at radius 1 is 1.12 bits per heavy atom. The van der Waals surface area contributed by atoms with Crippen molar-refractivity contribution in [3.05, 3.63) is 34.9 Å². The van der Waals surface area contributed by atoms with E-state index in [1.165, 1.54) is 18.4 Å². The van der Waals surface area contributed by atoms with Crippen molar-refractivity contribution in [2.75, 3.05) is 26.3 Å². The molecule has 24 heavy (non-hydrogen) atoms. The van der Waals surface area contributed by atoms with Gasteiger partial charge in [-0.1, -0.05) is 18.2 Å². The van der Waals surface area contributed by atoms with E-state index in [-0.39, 0.29) is 5.79 Å². The van der Waals surface area contributed by atoms with Gasteiger partial charge in [0.05, 0.1) is 13.2 Å². The quantitative estimate of drug-likeness (QED) is 0.859. The highest BCUT2D eigenvalue weighted by molar-refractivity contribution is 5.40. The first-order valence-corrected chi connectivity index (χ1v) is 9.61. The SMILES string of the molecule is CC1CNC[C@@H]2c3ccc(C4CCC5(CC4)OCCO5)cc3CN12. The fraction of sp³-hybridized carbons (Fsp3) is 0.700. The van der Waals surface area contributed by atoms with Gasteiger partial charge in [0.1, 0.15) is 0 Å².